The van der Waals surface area contributed by atoms with Crippen LogP contribution in [0.25, 0.3) is 0 Å². The van der Waals surface area contributed by atoms with Crippen molar-refractivity contribution in [2.45, 2.75) is 13.8 Å². The first-order valence-electron chi connectivity index (χ1n) is 7.88. The molecule has 1 amide bonds. The van der Waals surface area contributed by atoms with Gasteiger partial charge in [-0.05, 0) is 55.8 Å². The summed E-state index contributed by atoms with van der Waals surface area (Å²) in [7, 11) is 0. The van der Waals surface area contributed by atoms with E-state index >= 15 is 0 Å². The molecule has 0 fully saturated rings. The molecule has 0 saturated heterocycles. The lowest BCUT2D eigenvalue weighted by atomic mass is 10.1. The van der Waals surface area contributed by atoms with E-state index in [0.717, 1.165) is 11.3 Å². The van der Waals surface area contributed by atoms with E-state index in [1.54, 1.807) is 24.4 Å². The molecular weight excluding hydrogens is 317 g/mol. The molecule has 126 valence electrons. The van der Waals surface area contributed by atoms with E-state index in [-0.39, 0.29) is 11.5 Å². The van der Waals surface area contributed by atoms with Crippen molar-refractivity contribution in [1.82, 2.24) is 4.98 Å². The second kappa shape index (κ2) is 7.13. The lowest BCUT2D eigenvalue weighted by Crippen LogP contribution is -2.12. The highest BCUT2D eigenvalue weighted by molar-refractivity contribution is 6.04. The van der Waals surface area contributed by atoms with Crippen molar-refractivity contribution in [1.29, 1.82) is 0 Å². The number of nitrogens with one attached hydrogen (secondary N) is 2. The van der Waals surface area contributed by atoms with Gasteiger partial charge in [0, 0.05) is 11.3 Å². The van der Waals surface area contributed by atoms with Crippen LogP contribution in [0.5, 0.6) is 0 Å². The summed E-state index contributed by atoms with van der Waals surface area (Å²) in [5.41, 5.74) is 4.12. The van der Waals surface area contributed by atoms with Crippen molar-refractivity contribution < 1.29 is 9.18 Å². The van der Waals surface area contributed by atoms with E-state index in [4.69, 9.17) is 0 Å². The number of anilines is 3. The van der Waals surface area contributed by atoms with E-state index < -0.39 is 5.82 Å². The van der Waals surface area contributed by atoms with Crippen LogP contribution in [-0.4, -0.2) is 10.9 Å². The number of amides is 1. The third-order valence-corrected chi connectivity index (χ3v) is 3.75. The SMILES string of the molecule is Cc1ccc(Nc2ccc(NC(=O)c3cccc(F)c3)cn2)c(C)c1. The lowest BCUT2D eigenvalue weighted by Gasteiger charge is -2.10. The number of carbonyl (C=O) groups excluding carboxylic acids is 1. The summed E-state index contributed by atoms with van der Waals surface area (Å²) in [5.74, 6) is -0.147. The predicted molar refractivity (Wildman–Crippen MR) is 97.8 cm³/mol. The molecule has 0 unspecified atom stereocenters. The largest absolute Gasteiger partial charge is 0.340 e. The maximum atomic E-state index is 13.2. The number of rotatable bonds is 4. The van der Waals surface area contributed by atoms with Crippen LogP contribution < -0.4 is 10.6 Å². The van der Waals surface area contributed by atoms with E-state index in [1.165, 1.54) is 23.8 Å². The number of pyridine rings is 1. The molecule has 0 saturated carbocycles. The minimum atomic E-state index is -0.446. The first-order chi connectivity index (χ1) is 12.0. The van der Waals surface area contributed by atoms with Gasteiger partial charge in [0.2, 0.25) is 0 Å². The molecule has 0 aliphatic heterocycles. The number of hydrogen-bond acceptors (Lipinski definition) is 3. The molecule has 3 aromatic rings. The maximum absolute atomic E-state index is 13.2. The van der Waals surface area contributed by atoms with Crippen molar-refractivity contribution in [3.05, 3.63) is 83.3 Å². The van der Waals surface area contributed by atoms with Crippen molar-refractivity contribution >= 4 is 23.1 Å². The average molecular weight is 335 g/mol. The first kappa shape index (κ1) is 16.6. The number of nitrogens with zero attached hydrogens (tertiary/aromatic N) is 1. The molecule has 3 rings (SSSR count). The van der Waals surface area contributed by atoms with Gasteiger partial charge in [-0.1, -0.05) is 23.8 Å². The Morgan fingerprint density at radius 2 is 1.88 bits per heavy atom. The van der Waals surface area contributed by atoms with Crippen molar-refractivity contribution in [2.75, 3.05) is 10.6 Å². The van der Waals surface area contributed by atoms with Gasteiger partial charge in [-0.2, -0.15) is 0 Å². The summed E-state index contributed by atoms with van der Waals surface area (Å²) < 4.78 is 13.2. The number of benzene rings is 2. The highest BCUT2D eigenvalue weighted by atomic mass is 19.1. The van der Waals surface area contributed by atoms with Crippen LogP contribution in [0.3, 0.4) is 0 Å². The molecule has 4 nitrogen and oxygen atoms in total. The smallest absolute Gasteiger partial charge is 0.255 e. The van der Waals surface area contributed by atoms with Crippen LogP contribution in [0, 0.1) is 19.7 Å². The van der Waals surface area contributed by atoms with Gasteiger partial charge in [-0.15, -0.1) is 0 Å². The van der Waals surface area contributed by atoms with E-state index in [1.807, 2.05) is 26.0 Å². The fourth-order valence-electron chi connectivity index (χ4n) is 2.47. The highest BCUT2D eigenvalue weighted by Crippen LogP contribution is 2.21. The standard InChI is InChI=1S/C20H18FN3O/c1-13-6-8-18(14(2)10-13)24-19-9-7-17(12-22-19)23-20(25)15-4-3-5-16(21)11-15/h3-12H,1-2H3,(H,22,24)(H,23,25). The quantitative estimate of drug-likeness (QED) is 0.718. The van der Waals surface area contributed by atoms with Gasteiger partial charge >= 0.3 is 0 Å². The molecule has 0 radical (unpaired) electrons. The van der Waals surface area contributed by atoms with Gasteiger partial charge in [0.15, 0.2) is 0 Å². The Bertz CT molecular complexity index is 907. The van der Waals surface area contributed by atoms with Crippen molar-refractivity contribution in [3.8, 4) is 0 Å². The Labute approximate surface area is 145 Å². The molecule has 0 atom stereocenters. The molecule has 0 aliphatic carbocycles. The molecule has 1 heterocycles. The molecule has 5 heteroatoms. The summed E-state index contributed by atoms with van der Waals surface area (Å²) in [4.78, 5) is 16.4. The zero-order valence-corrected chi connectivity index (χ0v) is 14.0. The van der Waals surface area contributed by atoms with Crippen LogP contribution in [0.15, 0.2) is 60.8 Å². The molecule has 0 aliphatic rings. The Morgan fingerprint density at radius 3 is 2.56 bits per heavy atom. The van der Waals surface area contributed by atoms with Crippen LogP contribution >= 0.6 is 0 Å². The Hall–Kier alpha value is -3.21. The molecule has 0 spiro atoms. The summed E-state index contributed by atoms with van der Waals surface area (Å²) in [6.45, 7) is 4.08. The normalized spacial score (nSPS) is 10.4. The number of hydrogen-bond donors (Lipinski definition) is 2. The van der Waals surface area contributed by atoms with Crippen LogP contribution in [0.4, 0.5) is 21.6 Å². The van der Waals surface area contributed by atoms with E-state index in [2.05, 4.69) is 21.7 Å². The van der Waals surface area contributed by atoms with Crippen LogP contribution in [0.2, 0.25) is 0 Å². The Morgan fingerprint density at radius 1 is 1.04 bits per heavy atom. The molecule has 0 bridgehead atoms. The molecule has 2 N–H and O–H groups in total. The fraction of sp³-hybridized carbons (Fsp3) is 0.100. The molecule has 2 aromatic carbocycles. The Kier molecular flexibility index (Phi) is 4.75. The van der Waals surface area contributed by atoms with Gasteiger partial charge in [0.1, 0.15) is 11.6 Å². The number of halogens is 1. The van der Waals surface area contributed by atoms with Crippen LogP contribution in [-0.2, 0) is 0 Å². The minimum absolute atomic E-state index is 0.262. The van der Waals surface area contributed by atoms with Gasteiger partial charge in [0.05, 0.1) is 11.9 Å². The maximum Gasteiger partial charge on any atom is 0.255 e. The predicted octanol–water partition coefficient (Wildman–Crippen LogP) is 4.83. The third-order valence-electron chi connectivity index (χ3n) is 3.75. The highest BCUT2D eigenvalue weighted by Gasteiger charge is 2.07. The molecule has 25 heavy (non-hydrogen) atoms. The topological polar surface area (TPSA) is 54.0 Å². The van der Waals surface area contributed by atoms with E-state index in [9.17, 15) is 9.18 Å². The van der Waals surface area contributed by atoms with E-state index in [0.29, 0.717) is 11.5 Å². The van der Waals surface area contributed by atoms with Gasteiger partial charge < -0.3 is 10.6 Å². The molecular formula is C20H18FN3O. The number of aromatic nitrogens is 1. The van der Waals surface area contributed by atoms with Gasteiger partial charge in [0.25, 0.3) is 5.91 Å². The van der Waals surface area contributed by atoms with Gasteiger partial charge in [-0.25, -0.2) is 9.37 Å². The monoisotopic (exact) mass is 335 g/mol. The number of aryl methyl sites for hydroxylation is 2. The van der Waals surface area contributed by atoms with Crippen LogP contribution in [0.1, 0.15) is 21.5 Å². The minimum Gasteiger partial charge on any atom is -0.340 e. The number of carbonyl (C=O) groups is 1. The fourth-order valence-corrected chi connectivity index (χ4v) is 2.47. The average Bonchev–Trinajstić information content (AvgIpc) is 2.59. The second-order valence-electron chi connectivity index (χ2n) is 5.84. The lowest BCUT2D eigenvalue weighted by molar-refractivity contribution is 0.102. The third kappa shape index (κ3) is 4.20. The Balaban J connectivity index is 1.69. The summed E-state index contributed by atoms with van der Waals surface area (Å²) in [6, 6.07) is 15.2. The molecule has 1 aromatic heterocycles. The summed E-state index contributed by atoms with van der Waals surface area (Å²) in [6.07, 6.45) is 1.56. The zero-order chi connectivity index (χ0) is 17.8. The zero-order valence-electron chi connectivity index (χ0n) is 14.0. The summed E-state index contributed by atoms with van der Waals surface area (Å²) in [5, 5.41) is 5.95. The van der Waals surface area contributed by atoms with Crippen molar-refractivity contribution in [3.63, 3.8) is 0 Å². The second-order valence-corrected chi connectivity index (χ2v) is 5.84. The summed E-state index contributed by atoms with van der Waals surface area (Å²) >= 11 is 0. The van der Waals surface area contributed by atoms with Gasteiger partial charge in [-0.3, -0.25) is 4.79 Å². The van der Waals surface area contributed by atoms with Crippen molar-refractivity contribution in [2.24, 2.45) is 0 Å². The first-order valence-corrected chi connectivity index (χ1v) is 7.88.